The fourth-order valence-electron chi connectivity index (χ4n) is 4.16. The molecular formula is C25H26ClN3O2. The number of aromatic nitrogens is 2. The highest BCUT2D eigenvalue weighted by molar-refractivity contribution is 6.30. The van der Waals surface area contributed by atoms with Crippen molar-refractivity contribution in [3.63, 3.8) is 0 Å². The van der Waals surface area contributed by atoms with Crippen molar-refractivity contribution in [2.24, 2.45) is 0 Å². The number of nitrogens with zero attached hydrogens (tertiary/aromatic N) is 3. The number of benzene rings is 2. The minimum absolute atomic E-state index is 0.169. The molecule has 0 bridgehead atoms. The van der Waals surface area contributed by atoms with Gasteiger partial charge in [0.05, 0.1) is 17.3 Å². The first-order chi connectivity index (χ1) is 15.0. The summed E-state index contributed by atoms with van der Waals surface area (Å²) in [5, 5.41) is 10.3. The highest BCUT2D eigenvalue weighted by Gasteiger charge is 2.29. The van der Waals surface area contributed by atoms with E-state index in [1.807, 2.05) is 24.3 Å². The summed E-state index contributed by atoms with van der Waals surface area (Å²) in [7, 11) is 0. The van der Waals surface area contributed by atoms with Gasteiger partial charge in [-0.1, -0.05) is 54.9 Å². The van der Waals surface area contributed by atoms with Crippen molar-refractivity contribution in [3.05, 3.63) is 87.7 Å². The van der Waals surface area contributed by atoms with Crippen LogP contribution in [0.3, 0.4) is 0 Å². The van der Waals surface area contributed by atoms with Crippen LogP contribution in [0.25, 0.3) is 0 Å². The Kier molecular flexibility index (Phi) is 6.52. The summed E-state index contributed by atoms with van der Waals surface area (Å²) in [6.45, 7) is 2.98. The zero-order chi connectivity index (χ0) is 21.8. The Morgan fingerprint density at radius 3 is 2.48 bits per heavy atom. The third-order valence-electron chi connectivity index (χ3n) is 5.93. The first-order valence-electron chi connectivity index (χ1n) is 10.7. The second kappa shape index (κ2) is 9.48. The van der Waals surface area contributed by atoms with E-state index in [-0.39, 0.29) is 11.6 Å². The second-order valence-corrected chi connectivity index (χ2v) is 8.34. The molecule has 5 nitrogen and oxygen atoms in total. The van der Waals surface area contributed by atoms with E-state index < -0.39 is 5.97 Å². The Labute approximate surface area is 187 Å². The lowest BCUT2D eigenvalue weighted by molar-refractivity contribution is 0.0694. The van der Waals surface area contributed by atoms with Crippen molar-refractivity contribution in [1.29, 1.82) is 0 Å². The molecule has 6 heteroatoms. The fourth-order valence-corrected chi connectivity index (χ4v) is 4.28. The van der Waals surface area contributed by atoms with Crippen LogP contribution < -0.4 is 4.90 Å². The van der Waals surface area contributed by atoms with Crippen LogP contribution in [-0.4, -0.2) is 27.6 Å². The van der Waals surface area contributed by atoms with Crippen LogP contribution in [0.2, 0.25) is 5.02 Å². The minimum Gasteiger partial charge on any atom is -0.478 e. The van der Waals surface area contributed by atoms with Crippen molar-refractivity contribution in [2.75, 3.05) is 11.4 Å². The highest BCUT2D eigenvalue weighted by Crippen LogP contribution is 2.35. The van der Waals surface area contributed by atoms with E-state index in [9.17, 15) is 9.90 Å². The van der Waals surface area contributed by atoms with Gasteiger partial charge in [0.1, 0.15) is 0 Å². The van der Waals surface area contributed by atoms with Crippen molar-refractivity contribution in [2.45, 2.75) is 45.1 Å². The number of hydrogen-bond acceptors (Lipinski definition) is 4. The van der Waals surface area contributed by atoms with Crippen molar-refractivity contribution >= 4 is 23.5 Å². The van der Waals surface area contributed by atoms with Gasteiger partial charge in [-0.15, -0.1) is 0 Å². The number of rotatable bonds is 7. The Morgan fingerprint density at radius 2 is 1.81 bits per heavy atom. The first kappa shape index (κ1) is 21.3. The van der Waals surface area contributed by atoms with Gasteiger partial charge in [-0.05, 0) is 60.9 Å². The van der Waals surface area contributed by atoms with Crippen molar-refractivity contribution in [3.8, 4) is 0 Å². The largest absolute Gasteiger partial charge is 0.478 e. The second-order valence-electron chi connectivity index (χ2n) is 7.91. The summed E-state index contributed by atoms with van der Waals surface area (Å²) in [6, 6.07) is 16.5. The van der Waals surface area contributed by atoms with E-state index >= 15 is 0 Å². The molecule has 0 amide bonds. The molecule has 0 radical (unpaired) electrons. The van der Waals surface area contributed by atoms with Gasteiger partial charge in [-0.2, -0.15) is 0 Å². The summed E-state index contributed by atoms with van der Waals surface area (Å²) in [6.07, 6.45) is 5.80. The molecule has 1 aliphatic heterocycles. The molecule has 160 valence electrons. The van der Waals surface area contributed by atoms with Gasteiger partial charge < -0.3 is 10.0 Å². The molecule has 1 N–H and O–H groups in total. The van der Waals surface area contributed by atoms with E-state index in [4.69, 9.17) is 16.6 Å². The molecule has 2 heterocycles. The normalized spacial score (nSPS) is 15.9. The van der Waals surface area contributed by atoms with Crippen LogP contribution in [-0.2, 0) is 19.3 Å². The molecule has 0 aliphatic carbocycles. The Bertz CT molecular complexity index is 1050. The molecular weight excluding hydrogens is 410 g/mol. The monoisotopic (exact) mass is 435 g/mol. The van der Waals surface area contributed by atoms with Crippen LogP contribution in [0.5, 0.6) is 0 Å². The maximum Gasteiger partial charge on any atom is 0.339 e. The van der Waals surface area contributed by atoms with E-state index in [2.05, 4.69) is 41.1 Å². The topological polar surface area (TPSA) is 66.3 Å². The van der Waals surface area contributed by atoms with E-state index in [1.54, 1.807) is 0 Å². The molecule has 4 rings (SSSR count). The quantitative estimate of drug-likeness (QED) is 0.529. The zero-order valence-corrected chi connectivity index (χ0v) is 18.3. The molecule has 0 saturated carbocycles. The summed E-state index contributed by atoms with van der Waals surface area (Å²) in [5.41, 5.74) is 4.40. The lowest BCUT2D eigenvalue weighted by Crippen LogP contribution is -2.25. The SMILES string of the molecule is CCc1ccc(CCc2nc(N3CCC[C@@H]3c3ccc(Cl)cc3)ncc2C(=O)O)cc1. The molecule has 3 aromatic rings. The Hall–Kier alpha value is -2.92. The molecule has 1 saturated heterocycles. The molecule has 0 spiro atoms. The lowest BCUT2D eigenvalue weighted by atomic mass is 10.0. The lowest BCUT2D eigenvalue weighted by Gasteiger charge is -2.25. The number of halogens is 1. The maximum absolute atomic E-state index is 11.8. The third kappa shape index (κ3) is 4.88. The molecule has 2 aromatic carbocycles. The van der Waals surface area contributed by atoms with Crippen LogP contribution in [0, 0.1) is 0 Å². The molecule has 0 unspecified atom stereocenters. The summed E-state index contributed by atoms with van der Waals surface area (Å²) >= 11 is 6.05. The summed E-state index contributed by atoms with van der Waals surface area (Å²) in [5.74, 6) is -0.391. The molecule has 1 atom stereocenters. The fraction of sp³-hybridized carbons (Fsp3) is 0.320. The number of hydrogen-bond donors (Lipinski definition) is 1. The van der Waals surface area contributed by atoms with Crippen LogP contribution >= 0.6 is 11.6 Å². The average Bonchev–Trinajstić information content (AvgIpc) is 3.28. The molecule has 1 aliphatic rings. The van der Waals surface area contributed by atoms with Gasteiger partial charge in [0.25, 0.3) is 0 Å². The Morgan fingerprint density at radius 1 is 1.10 bits per heavy atom. The van der Waals surface area contributed by atoms with Gasteiger partial charge >= 0.3 is 5.97 Å². The van der Waals surface area contributed by atoms with Gasteiger partial charge in [-0.25, -0.2) is 14.8 Å². The van der Waals surface area contributed by atoms with E-state index in [1.165, 1.54) is 22.9 Å². The minimum atomic E-state index is -0.987. The molecule has 1 fully saturated rings. The summed E-state index contributed by atoms with van der Waals surface area (Å²) in [4.78, 5) is 23.1. The van der Waals surface area contributed by atoms with Crippen LogP contribution in [0.15, 0.2) is 54.7 Å². The number of carboxylic acids is 1. The van der Waals surface area contributed by atoms with Crippen LogP contribution in [0.4, 0.5) is 5.95 Å². The standard InChI is InChI=1S/C25H26ClN3O2/c1-2-17-5-7-18(8-6-17)9-14-22-21(24(30)31)16-27-25(28-22)29-15-3-4-23(29)19-10-12-20(26)13-11-19/h5-8,10-13,16,23H,2-4,9,14-15H2,1H3,(H,30,31)/t23-/m1/s1. The maximum atomic E-state index is 11.8. The van der Waals surface area contributed by atoms with Crippen LogP contribution in [0.1, 0.15) is 58.5 Å². The predicted octanol–water partition coefficient (Wildman–Crippen LogP) is 5.52. The van der Waals surface area contributed by atoms with Gasteiger partial charge in [0.2, 0.25) is 5.95 Å². The van der Waals surface area contributed by atoms with Gasteiger partial charge in [0, 0.05) is 17.8 Å². The molecule has 31 heavy (non-hydrogen) atoms. The van der Waals surface area contributed by atoms with Gasteiger partial charge in [0.15, 0.2) is 0 Å². The smallest absolute Gasteiger partial charge is 0.339 e. The number of carboxylic acid groups (broad SMARTS) is 1. The zero-order valence-electron chi connectivity index (χ0n) is 17.6. The number of aryl methyl sites for hydroxylation is 3. The number of carbonyl (C=O) groups is 1. The highest BCUT2D eigenvalue weighted by atomic mass is 35.5. The summed E-state index contributed by atoms with van der Waals surface area (Å²) < 4.78 is 0. The van der Waals surface area contributed by atoms with Crippen molar-refractivity contribution < 1.29 is 9.90 Å². The first-order valence-corrected chi connectivity index (χ1v) is 11.1. The van der Waals surface area contributed by atoms with E-state index in [0.29, 0.717) is 23.1 Å². The van der Waals surface area contributed by atoms with Gasteiger partial charge in [-0.3, -0.25) is 0 Å². The third-order valence-corrected chi connectivity index (χ3v) is 6.18. The predicted molar refractivity (Wildman–Crippen MR) is 123 cm³/mol. The van der Waals surface area contributed by atoms with Crippen molar-refractivity contribution in [1.82, 2.24) is 9.97 Å². The number of anilines is 1. The van der Waals surface area contributed by atoms with E-state index in [0.717, 1.165) is 32.2 Å². The molecule has 1 aromatic heterocycles. The average molecular weight is 436 g/mol. The Balaban J connectivity index is 1.58. The number of aromatic carboxylic acids is 1.